The summed E-state index contributed by atoms with van der Waals surface area (Å²) in [5.41, 5.74) is 1.66. The summed E-state index contributed by atoms with van der Waals surface area (Å²) in [6, 6.07) is 0. The van der Waals surface area contributed by atoms with Gasteiger partial charge >= 0.3 is 0 Å². The van der Waals surface area contributed by atoms with Crippen LogP contribution in [0.3, 0.4) is 0 Å². The van der Waals surface area contributed by atoms with E-state index >= 15 is 0 Å². The zero-order chi connectivity index (χ0) is 11.8. The van der Waals surface area contributed by atoms with E-state index in [1.54, 1.807) is 0 Å². The minimum absolute atomic E-state index is 0.0789. The molecule has 3 nitrogen and oxygen atoms in total. The van der Waals surface area contributed by atoms with Gasteiger partial charge in [0, 0.05) is 0 Å². The molecule has 1 aromatic rings. The van der Waals surface area contributed by atoms with Crippen LogP contribution in [0.5, 0.6) is 5.75 Å². The van der Waals surface area contributed by atoms with E-state index in [1.165, 1.54) is 0 Å². The zero-order valence-electron chi connectivity index (χ0n) is 10.6. The molecule has 0 aromatic carbocycles. The molecule has 1 aromatic heterocycles. The lowest BCUT2D eigenvalue weighted by Gasteiger charge is -2.23. The van der Waals surface area contributed by atoms with Gasteiger partial charge in [0.05, 0.1) is 11.2 Å². The van der Waals surface area contributed by atoms with Crippen molar-refractivity contribution >= 4 is 0 Å². The van der Waals surface area contributed by atoms with Crippen LogP contribution in [-0.4, -0.2) is 14.9 Å². The lowest BCUT2D eigenvalue weighted by atomic mass is 10.0. The van der Waals surface area contributed by atoms with Gasteiger partial charge in [-0.25, -0.2) is 0 Å². The topological polar surface area (TPSA) is 38.0 Å². The van der Waals surface area contributed by atoms with Crippen molar-refractivity contribution in [2.75, 3.05) is 0 Å². The van der Waals surface area contributed by atoms with Gasteiger partial charge in [-0.15, -0.1) is 0 Å². The molecule has 0 fully saturated rings. The molecule has 0 radical (unpaired) electrons. The van der Waals surface area contributed by atoms with E-state index in [-0.39, 0.29) is 11.5 Å². The zero-order valence-corrected chi connectivity index (χ0v) is 10.6. The predicted molar refractivity (Wildman–Crippen MR) is 62.4 cm³/mol. The number of hydrogen-bond acceptors (Lipinski definition) is 2. The number of aromatic hydroxyl groups is 1. The van der Waals surface area contributed by atoms with Gasteiger partial charge in [-0.2, -0.15) is 5.10 Å². The minimum Gasteiger partial charge on any atom is -0.504 e. The van der Waals surface area contributed by atoms with Gasteiger partial charge in [0.2, 0.25) is 0 Å². The molecule has 1 N–H and O–H groups in total. The summed E-state index contributed by atoms with van der Waals surface area (Å²) < 4.78 is 1.95. The quantitative estimate of drug-likeness (QED) is 0.814. The van der Waals surface area contributed by atoms with Crippen LogP contribution in [0.4, 0.5) is 0 Å². The van der Waals surface area contributed by atoms with Gasteiger partial charge < -0.3 is 5.11 Å². The van der Waals surface area contributed by atoms with E-state index in [2.05, 4.69) is 39.7 Å². The van der Waals surface area contributed by atoms with Crippen LogP contribution in [0.1, 0.15) is 58.8 Å². The third kappa shape index (κ3) is 2.16. The highest BCUT2D eigenvalue weighted by molar-refractivity contribution is 5.35. The molecule has 0 aliphatic heterocycles. The molecule has 1 heterocycles. The second kappa shape index (κ2) is 3.87. The second-order valence-electron chi connectivity index (χ2n) is 5.27. The van der Waals surface area contributed by atoms with Crippen molar-refractivity contribution in [2.24, 2.45) is 0 Å². The van der Waals surface area contributed by atoms with E-state index in [1.807, 2.05) is 11.6 Å². The van der Waals surface area contributed by atoms with Crippen LogP contribution in [0, 0.1) is 0 Å². The summed E-state index contributed by atoms with van der Waals surface area (Å²) in [5.74, 6) is 0.666. The fraction of sp³-hybridized carbons (Fsp3) is 0.750. The van der Waals surface area contributed by atoms with Gasteiger partial charge in [0.15, 0.2) is 5.75 Å². The van der Waals surface area contributed by atoms with Crippen molar-refractivity contribution in [3.63, 3.8) is 0 Å². The number of rotatable bonds is 2. The molecule has 0 unspecified atom stereocenters. The summed E-state index contributed by atoms with van der Waals surface area (Å²) in [6.07, 6.45) is 0.772. The average Bonchev–Trinajstić information content (AvgIpc) is 2.41. The number of aryl methyl sites for hydroxylation is 1. The van der Waals surface area contributed by atoms with E-state index in [9.17, 15) is 5.11 Å². The molecule has 3 heteroatoms. The maximum atomic E-state index is 10.1. The highest BCUT2D eigenvalue weighted by atomic mass is 16.3. The Balaban J connectivity index is 3.38. The standard InChI is InChI=1S/C12H22N2O/c1-7-9-11(15)10(8(2)3)14(13-9)12(4,5)6/h8,15H,7H2,1-6H3. The van der Waals surface area contributed by atoms with Crippen molar-refractivity contribution < 1.29 is 5.11 Å². The second-order valence-corrected chi connectivity index (χ2v) is 5.27. The van der Waals surface area contributed by atoms with Crippen LogP contribution >= 0.6 is 0 Å². The summed E-state index contributed by atoms with van der Waals surface area (Å²) in [6.45, 7) is 12.5. The molecule has 0 bridgehead atoms. The predicted octanol–water partition coefficient (Wildman–Crippen LogP) is 3.03. The highest BCUT2D eigenvalue weighted by Gasteiger charge is 2.25. The first-order valence-electron chi connectivity index (χ1n) is 5.60. The first-order chi connectivity index (χ1) is 6.79. The lowest BCUT2D eigenvalue weighted by molar-refractivity contribution is 0.333. The van der Waals surface area contributed by atoms with Crippen LogP contribution in [0.2, 0.25) is 0 Å². The largest absolute Gasteiger partial charge is 0.504 e. The third-order valence-corrected chi connectivity index (χ3v) is 2.48. The lowest BCUT2D eigenvalue weighted by Crippen LogP contribution is -2.25. The molecule has 0 spiro atoms. The Hall–Kier alpha value is -0.990. The van der Waals surface area contributed by atoms with Gasteiger partial charge in [-0.3, -0.25) is 4.68 Å². The first-order valence-corrected chi connectivity index (χ1v) is 5.60. The first kappa shape index (κ1) is 12.1. The van der Waals surface area contributed by atoms with E-state index in [0.29, 0.717) is 5.75 Å². The van der Waals surface area contributed by atoms with Gasteiger partial charge in [-0.05, 0) is 33.1 Å². The molecule has 0 saturated heterocycles. The normalized spacial score (nSPS) is 12.5. The summed E-state index contributed by atoms with van der Waals surface area (Å²) >= 11 is 0. The van der Waals surface area contributed by atoms with Gasteiger partial charge in [0.1, 0.15) is 5.69 Å². The number of aromatic nitrogens is 2. The smallest absolute Gasteiger partial charge is 0.160 e. The third-order valence-electron chi connectivity index (χ3n) is 2.48. The maximum Gasteiger partial charge on any atom is 0.160 e. The van der Waals surface area contributed by atoms with E-state index in [4.69, 9.17) is 0 Å². The molecule has 1 rings (SSSR count). The molecule has 0 aliphatic carbocycles. The van der Waals surface area contributed by atoms with Crippen molar-refractivity contribution in [3.05, 3.63) is 11.4 Å². The molecule has 86 valence electrons. The SMILES string of the molecule is CCc1nn(C(C)(C)C)c(C(C)C)c1O. The Morgan fingerprint density at radius 2 is 1.87 bits per heavy atom. The maximum absolute atomic E-state index is 10.1. The minimum atomic E-state index is -0.0789. The van der Waals surface area contributed by atoms with E-state index in [0.717, 1.165) is 17.8 Å². The Morgan fingerprint density at radius 1 is 1.33 bits per heavy atom. The van der Waals surface area contributed by atoms with Gasteiger partial charge in [-0.1, -0.05) is 20.8 Å². The summed E-state index contributed by atoms with van der Waals surface area (Å²) in [4.78, 5) is 0. The van der Waals surface area contributed by atoms with Crippen molar-refractivity contribution in [1.82, 2.24) is 9.78 Å². The van der Waals surface area contributed by atoms with Crippen molar-refractivity contribution in [3.8, 4) is 5.75 Å². The molecular weight excluding hydrogens is 188 g/mol. The van der Waals surface area contributed by atoms with Crippen molar-refractivity contribution in [1.29, 1.82) is 0 Å². The van der Waals surface area contributed by atoms with Crippen LogP contribution in [-0.2, 0) is 12.0 Å². The fourth-order valence-electron chi connectivity index (χ4n) is 1.74. The highest BCUT2D eigenvalue weighted by Crippen LogP contribution is 2.32. The van der Waals surface area contributed by atoms with Gasteiger partial charge in [0.25, 0.3) is 0 Å². The molecule has 0 saturated carbocycles. The monoisotopic (exact) mass is 210 g/mol. The molecule has 0 atom stereocenters. The number of nitrogens with zero attached hydrogens (tertiary/aromatic N) is 2. The average molecular weight is 210 g/mol. The Kier molecular flexibility index (Phi) is 3.12. The molecular formula is C12H22N2O. The Labute approximate surface area is 92.1 Å². The molecule has 15 heavy (non-hydrogen) atoms. The van der Waals surface area contributed by atoms with E-state index < -0.39 is 0 Å². The van der Waals surface area contributed by atoms with Crippen LogP contribution in [0.25, 0.3) is 0 Å². The van der Waals surface area contributed by atoms with Crippen molar-refractivity contribution in [2.45, 2.75) is 59.4 Å². The number of hydrogen-bond donors (Lipinski definition) is 1. The Bertz CT molecular complexity index is 345. The summed E-state index contributed by atoms with van der Waals surface area (Å²) in [7, 11) is 0. The van der Waals surface area contributed by atoms with Crippen LogP contribution < -0.4 is 0 Å². The Morgan fingerprint density at radius 3 is 2.13 bits per heavy atom. The fourth-order valence-corrected chi connectivity index (χ4v) is 1.74. The van der Waals surface area contributed by atoms with Crippen LogP contribution in [0.15, 0.2) is 0 Å². The molecule has 0 aliphatic rings. The summed E-state index contributed by atoms with van der Waals surface area (Å²) in [5, 5.41) is 14.5. The molecule has 0 amide bonds.